The summed E-state index contributed by atoms with van der Waals surface area (Å²) in [6.07, 6.45) is 0.644. The third-order valence-corrected chi connectivity index (χ3v) is 4.03. The van der Waals surface area contributed by atoms with Crippen LogP contribution in [-0.2, 0) is 13.5 Å². The van der Waals surface area contributed by atoms with Crippen LogP contribution in [0.15, 0.2) is 28.9 Å². The fourth-order valence-corrected chi connectivity index (χ4v) is 2.35. The molecular weight excluding hydrogens is 311 g/mol. The van der Waals surface area contributed by atoms with Crippen LogP contribution in [0.3, 0.4) is 0 Å². The standard InChI is InChI=1S/C13H12BrFN4/c1-8-12(14)19-13(16-8)18(2)11(17-19)7-9-3-5-10(15)6-4-9/h3-6H,7H2,1-2H3. The van der Waals surface area contributed by atoms with Gasteiger partial charge in [-0.25, -0.2) is 9.37 Å². The summed E-state index contributed by atoms with van der Waals surface area (Å²) in [6, 6.07) is 6.47. The van der Waals surface area contributed by atoms with Gasteiger partial charge in [0.05, 0.1) is 5.69 Å². The maximum Gasteiger partial charge on any atom is 0.233 e. The first-order chi connectivity index (χ1) is 9.06. The van der Waals surface area contributed by atoms with E-state index in [1.165, 1.54) is 12.1 Å². The molecule has 0 atom stereocenters. The second kappa shape index (κ2) is 4.45. The Kier molecular flexibility index (Phi) is 2.89. The Morgan fingerprint density at radius 3 is 2.58 bits per heavy atom. The van der Waals surface area contributed by atoms with Gasteiger partial charge in [0, 0.05) is 13.5 Å². The Bertz CT molecular complexity index is 742. The molecule has 98 valence electrons. The van der Waals surface area contributed by atoms with E-state index in [1.54, 1.807) is 16.6 Å². The molecule has 0 N–H and O–H groups in total. The van der Waals surface area contributed by atoms with Crippen molar-refractivity contribution in [3.8, 4) is 0 Å². The molecule has 1 aromatic carbocycles. The van der Waals surface area contributed by atoms with Crippen molar-refractivity contribution in [2.24, 2.45) is 7.05 Å². The first kappa shape index (κ1) is 12.3. The molecule has 0 aliphatic rings. The number of hydrogen-bond acceptors (Lipinski definition) is 2. The number of nitrogens with zero attached hydrogens (tertiary/aromatic N) is 4. The summed E-state index contributed by atoms with van der Waals surface area (Å²) in [5, 5.41) is 4.53. The SMILES string of the molecule is Cc1nc2n(C)c(Cc3ccc(F)cc3)nn2c1Br. The van der Waals surface area contributed by atoms with E-state index in [-0.39, 0.29) is 5.82 Å². The van der Waals surface area contributed by atoms with Crippen molar-refractivity contribution in [3.63, 3.8) is 0 Å². The summed E-state index contributed by atoms with van der Waals surface area (Å²) >= 11 is 3.47. The van der Waals surface area contributed by atoms with Crippen LogP contribution in [0.4, 0.5) is 4.39 Å². The molecule has 0 saturated carbocycles. The van der Waals surface area contributed by atoms with E-state index in [2.05, 4.69) is 26.0 Å². The maximum atomic E-state index is 12.9. The van der Waals surface area contributed by atoms with Gasteiger partial charge >= 0.3 is 0 Å². The third-order valence-electron chi connectivity index (χ3n) is 3.12. The number of benzene rings is 1. The van der Waals surface area contributed by atoms with Crippen LogP contribution in [0.5, 0.6) is 0 Å². The smallest absolute Gasteiger partial charge is 0.233 e. The average Bonchev–Trinajstić information content (AvgIpc) is 2.83. The van der Waals surface area contributed by atoms with Crippen LogP contribution < -0.4 is 0 Å². The van der Waals surface area contributed by atoms with E-state index >= 15 is 0 Å². The largest absolute Gasteiger partial charge is 0.300 e. The van der Waals surface area contributed by atoms with Gasteiger partial charge in [-0.2, -0.15) is 9.61 Å². The Morgan fingerprint density at radius 2 is 1.95 bits per heavy atom. The van der Waals surface area contributed by atoms with Gasteiger partial charge in [0.15, 0.2) is 0 Å². The van der Waals surface area contributed by atoms with E-state index in [1.807, 2.05) is 18.5 Å². The number of aromatic nitrogens is 4. The molecule has 19 heavy (non-hydrogen) atoms. The van der Waals surface area contributed by atoms with E-state index in [0.29, 0.717) is 6.42 Å². The molecule has 0 amide bonds. The molecule has 4 nitrogen and oxygen atoms in total. The lowest BCUT2D eigenvalue weighted by molar-refractivity contribution is 0.627. The van der Waals surface area contributed by atoms with Crippen molar-refractivity contribution in [2.75, 3.05) is 0 Å². The molecule has 3 rings (SSSR count). The average molecular weight is 323 g/mol. The molecule has 0 spiro atoms. The summed E-state index contributed by atoms with van der Waals surface area (Å²) in [5.41, 5.74) is 1.93. The summed E-state index contributed by atoms with van der Waals surface area (Å²) in [6.45, 7) is 1.93. The van der Waals surface area contributed by atoms with Gasteiger partial charge in [0.2, 0.25) is 5.78 Å². The minimum absolute atomic E-state index is 0.225. The van der Waals surface area contributed by atoms with Crippen molar-refractivity contribution >= 4 is 21.7 Å². The fraction of sp³-hybridized carbons (Fsp3) is 0.231. The molecule has 0 unspecified atom stereocenters. The number of rotatable bonds is 2. The van der Waals surface area contributed by atoms with E-state index < -0.39 is 0 Å². The number of aryl methyl sites for hydroxylation is 2. The van der Waals surface area contributed by atoms with Crippen LogP contribution in [0.1, 0.15) is 17.1 Å². The molecule has 0 aliphatic heterocycles. The van der Waals surface area contributed by atoms with Crippen LogP contribution in [0, 0.1) is 12.7 Å². The zero-order valence-electron chi connectivity index (χ0n) is 10.6. The minimum atomic E-state index is -0.225. The van der Waals surface area contributed by atoms with Crippen molar-refractivity contribution in [3.05, 3.63) is 51.8 Å². The molecule has 6 heteroatoms. The topological polar surface area (TPSA) is 35.1 Å². The summed E-state index contributed by atoms with van der Waals surface area (Å²) in [4.78, 5) is 4.45. The van der Waals surface area contributed by atoms with Crippen LogP contribution in [0.2, 0.25) is 0 Å². The lowest BCUT2D eigenvalue weighted by atomic mass is 10.1. The van der Waals surface area contributed by atoms with E-state index in [4.69, 9.17) is 0 Å². The Hall–Kier alpha value is -1.69. The highest BCUT2D eigenvalue weighted by atomic mass is 79.9. The lowest BCUT2D eigenvalue weighted by Gasteiger charge is -2.01. The molecule has 2 heterocycles. The molecule has 0 radical (unpaired) electrons. The normalized spacial score (nSPS) is 11.4. The van der Waals surface area contributed by atoms with Gasteiger partial charge in [-0.3, -0.25) is 4.57 Å². The Morgan fingerprint density at radius 1 is 1.26 bits per heavy atom. The van der Waals surface area contributed by atoms with Crippen molar-refractivity contribution in [2.45, 2.75) is 13.3 Å². The van der Waals surface area contributed by atoms with E-state index in [9.17, 15) is 4.39 Å². The van der Waals surface area contributed by atoms with Gasteiger partial charge < -0.3 is 0 Å². The quantitative estimate of drug-likeness (QED) is 0.727. The predicted octanol–water partition coefficient (Wildman–Crippen LogP) is 2.87. The van der Waals surface area contributed by atoms with Gasteiger partial charge in [0.25, 0.3) is 0 Å². The second-order valence-corrected chi connectivity index (χ2v) is 5.23. The Balaban J connectivity index is 2.01. The number of imidazole rings is 1. The molecule has 0 fully saturated rings. The minimum Gasteiger partial charge on any atom is -0.300 e. The number of hydrogen-bond donors (Lipinski definition) is 0. The van der Waals surface area contributed by atoms with Gasteiger partial charge in [0.1, 0.15) is 16.2 Å². The van der Waals surface area contributed by atoms with Crippen LogP contribution in [0.25, 0.3) is 5.78 Å². The van der Waals surface area contributed by atoms with Crippen LogP contribution >= 0.6 is 15.9 Å². The summed E-state index contributed by atoms with van der Waals surface area (Å²) < 4.78 is 17.5. The highest BCUT2D eigenvalue weighted by molar-refractivity contribution is 9.10. The summed E-state index contributed by atoms with van der Waals surface area (Å²) in [5.74, 6) is 1.45. The third kappa shape index (κ3) is 2.06. The zero-order chi connectivity index (χ0) is 13.6. The Labute approximate surface area is 118 Å². The van der Waals surface area contributed by atoms with Crippen molar-refractivity contribution in [1.29, 1.82) is 0 Å². The fourth-order valence-electron chi connectivity index (χ4n) is 2.03. The highest BCUT2D eigenvalue weighted by Crippen LogP contribution is 2.19. The first-order valence-electron chi connectivity index (χ1n) is 5.87. The molecule has 3 aromatic rings. The lowest BCUT2D eigenvalue weighted by Crippen LogP contribution is -2.00. The molecule has 0 bridgehead atoms. The molecular formula is C13H12BrFN4. The van der Waals surface area contributed by atoms with E-state index in [0.717, 1.165) is 27.5 Å². The molecule has 0 aliphatic carbocycles. The zero-order valence-corrected chi connectivity index (χ0v) is 12.1. The number of halogens is 2. The molecule has 2 aromatic heterocycles. The van der Waals surface area contributed by atoms with Gasteiger partial charge in [-0.15, -0.1) is 0 Å². The van der Waals surface area contributed by atoms with Crippen molar-refractivity contribution in [1.82, 2.24) is 19.2 Å². The second-order valence-electron chi connectivity index (χ2n) is 4.48. The van der Waals surface area contributed by atoms with Crippen molar-refractivity contribution < 1.29 is 4.39 Å². The van der Waals surface area contributed by atoms with Gasteiger partial charge in [-0.05, 0) is 40.5 Å². The highest BCUT2D eigenvalue weighted by Gasteiger charge is 2.14. The van der Waals surface area contributed by atoms with Gasteiger partial charge in [-0.1, -0.05) is 12.1 Å². The molecule has 0 saturated heterocycles. The monoisotopic (exact) mass is 322 g/mol. The maximum absolute atomic E-state index is 12.9. The first-order valence-corrected chi connectivity index (χ1v) is 6.66. The number of fused-ring (bicyclic) bond motifs is 1. The summed E-state index contributed by atoms with van der Waals surface area (Å²) in [7, 11) is 1.93. The van der Waals surface area contributed by atoms with Crippen LogP contribution in [-0.4, -0.2) is 19.2 Å². The predicted molar refractivity (Wildman–Crippen MR) is 73.6 cm³/mol.